The van der Waals surface area contributed by atoms with E-state index in [1.807, 2.05) is 6.07 Å². The van der Waals surface area contributed by atoms with Gasteiger partial charge in [-0.05, 0) is 49.8 Å². The van der Waals surface area contributed by atoms with Crippen LogP contribution in [-0.4, -0.2) is 19.7 Å². The number of rotatable bonds is 7. The quantitative estimate of drug-likeness (QED) is 0.781. The first-order chi connectivity index (χ1) is 8.35. The fraction of sp³-hybridized carbons (Fsp3) is 0.600. The molecule has 0 amide bonds. The van der Waals surface area contributed by atoms with Gasteiger partial charge < -0.3 is 10.1 Å². The molecule has 17 heavy (non-hydrogen) atoms. The second-order valence-electron chi connectivity index (χ2n) is 4.85. The van der Waals surface area contributed by atoms with Crippen molar-refractivity contribution in [2.45, 2.75) is 38.6 Å². The van der Waals surface area contributed by atoms with Crippen molar-refractivity contribution >= 4 is 0 Å². The summed E-state index contributed by atoms with van der Waals surface area (Å²) < 4.78 is 5.39. The van der Waals surface area contributed by atoms with E-state index < -0.39 is 0 Å². The number of nitrogens with one attached hydrogen (secondary N) is 1. The molecule has 0 radical (unpaired) electrons. The van der Waals surface area contributed by atoms with Crippen molar-refractivity contribution in [3.63, 3.8) is 0 Å². The zero-order valence-corrected chi connectivity index (χ0v) is 10.9. The highest BCUT2D eigenvalue weighted by Gasteiger charge is 2.30. The van der Waals surface area contributed by atoms with Crippen LogP contribution < -0.4 is 10.1 Å². The SMILES string of the molecule is CCNC(CCc1ccccc1OC)C1CC1. The summed E-state index contributed by atoms with van der Waals surface area (Å²) in [6, 6.07) is 9.05. The van der Waals surface area contributed by atoms with Crippen LogP contribution in [-0.2, 0) is 6.42 Å². The molecule has 1 fully saturated rings. The Bertz CT molecular complexity index is 347. The molecule has 0 bridgehead atoms. The normalized spacial score (nSPS) is 16.8. The Labute approximate surface area is 104 Å². The lowest BCUT2D eigenvalue weighted by atomic mass is 10.0. The molecule has 0 aliphatic heterocycles. The Morgan fingerprint density at radius 1 is 1.35 bits per heavy atom. The van der Waals surface area contributed by atoms with Gasteiger partial charge in [0.15, 0.2) is 0 Å². The lowest BCUT2D eigenvalue weighted by Crippen LogP contribution is -2.31. The van der Waals surface area contributed by atoms with Crippen molar-refractivity contribution in [1.82, 2.24) is 5.32 Å². The second kappa shape index (κ2) is 6.06. The maximum Gasteiger partial charge on any atom is 0.122 e. The molecule has 1 aliphatic carbocycles. The van der Waals surface area contributed by atoms with Gasteiger partial charge in [-0.1, -0.05) is 25.1 Å². The van der Waals surface area contributed by atoms with Crippen LogP contribution in [0, 0.1) is 5.92 Å². The van der Waals surface area contributed by atoms with Gasteiger partial charge in [0.05, 0.1) is 7.11 Å². The van der Waals surface area contributed by atoms with Crippen molar-refractivity contribution in [1.29, 1.82) is 0 Å². The summed E-state index contributed by atoms with van der Waals surface area (Å²) in [5, 5.41) is 3.61. The van der Waals surface area contributed by atoms with Crippen molar-refractivity contribution in [2.75, 3.05) is 13.7 Å². The summed E-state index contributed by atoms with van der Waals surface area (Å²) in [7, 11) is 1.75. The van der Waals surface area contributed by atoms with Gasteiger partial charge in [0.25, 0.3) is 0 Å². The highest BCUT2D eigenvalue weighted by atomic mass is 16.5. The molecule has 0 aromatic heterocycles. The van der Waals surface area contributed by atoms with Crippen molar-refractivity contribution in [2.24, 2.45) is 5.92 Å². The Balaban J connectivity index is 1.91. The average molecular weight is 233 g/mol. The number of para-hydroxylation sites is 1. The Kier molecular flexibility index (Phi) is 4.43. The Hall–Kier alpha value is -1.02. The molecule has 1 unspecified atom stereocenters. The van der Waals surface area contributed by atoms with E-state index in [0.717, 1.165) is 24.6 Å². The first-order valence-corrected chi connectivity index (χ1v) is 6.70. The molecule has 0 saturated heterocycles. The van der Waals surface area contributed by atoms with Crippen LogP contribution in [0.5, 0.6) is 5.75 Å². The molecular weight excluding hydrogens is 210 g/mol. The van der Waals surface area contributed by atoms with E-state index in [2.05, 4.69) is 30.4 Å². The minimum absolute atomic E-state index is 0.699. The number of aryl methyl sites for hydroxylation is 1. The molecule has 1 aromatic carbocycles. The fourth-order valence-corrected chi connectivity index (χ4v) is 2.49. The second-order valence-corrected chi connectivity index (χ2v) is 4.85. The monoisotopic (exact) mass is 233 g/mol. The smallest absolute Gasteiger partial charge is 0.122 e. The summed E-state index contributed by atoms with van der Waals surface area (Å²) >= 11 is 0. The van der Waals surface area contributed by atoms with E-state index in [-0.39, 0.29) is 0 Å². The lowest BCUT2D eigenvalue weighted by molar-refractivity contribution is 0.403. The maximum atomic E-state index is 5.39. The average Bonchev–Trinajstić information content (AvgIpc) is 3.19. The van der Waals surface area contributed by atoms with E-state index in [4.69, 9.17) is 4.74 Å². The third kappa shape index (κ3) is 3.47. The van der Waals surface area contributed by atoms with Gasteiger partial charge in [0.2, 0.25) is 0 Å². The number of methoxy groups -OCH3 is 1. The van der Waals surface area contributed by atoms with Crippen LogP contribution in [0.15, 0.2) is 24.3 Å². The predicted octanol–water partition coefficient (Wildman–Crippen LogP) is 3.02. The van der Waals surface area contributed by atoms with Gasteiger partial charge in [0, 0.05) is 6.04 Å². The number of hydrogen-bond acceptors (Lipinski definition) is 2. The van der Waals surface area contributed by atoms with Gasteiger partial charge in [0.1, 0.15) is 5.75 Å². The maximum absolute atomic E-state index is 5.39. The highest BCUT2D eigenvalue weighted by Crippen LogP contribution is 2.35. The van der Waals surface area contributed by atoms with E-state index in [9.17, 15) is 0 Å². The van der Waals surface area contributed by atoms with Gasteiger partial charge in [-0.2, -0.15) is 0 Å². The molecule has 2 rings (SSSR count). The molecule has 94 valence electrons. The van der Waals surface area contributed by atoms with Crippen molar-refractivity contribution in [3.05, 3.63) is 29.8 Å². The highest BCUT2D eigenvalue weighted by molar-refractivity contribution is 5.33. The van der Waals surface area contributed by atoms with Crippen molar-refractivity contribution in [3.8, 4) is 5.75 Å². The first kappa shape index (κ1) is 12.4. The number of ether oxygens (including phenoxy) is 1. The largest absolute Gasteiger partial charge is 0.496 e. The van der Waals surface area contributed by atoms with Crippen LogP contribution >= 0.6 is 0 Å². The molecule has 0 spiro atoms. The van der Waals surface area contributed by atoms with Crippen LogP contribution in [0.2, 0.25) is 0 Å². The molecule has 2 heteroatoms. The van der Waals surface area contributed by atoms with E-state index >= 15 is 0 Å². The van der Waals surface area contributed by atoms with E-state index in [1.165, 1.54) is 24.8 Å². The standard InChI is InChI=1S/C15H23NO/c1-3-16-14(12-8-9-12)11-10-13-6-4-5-7-15(13)17-2/h4-7,12,14,16H,3,8-11H2,1-2H3. The molecule has 1 saturated carbocycles. The summed E-state index contributed by atoms with van der Waals surface area (Å²) in [5.74, 6) is 1.95. The molecule has 1 aliphatic rings. The van der Waals surface area contributed by atoms with Crippen LogP contribution in [0.4, 0.5) is 0 Å². The Morgan fingerprint density at radius 3 is 2.76 bits per heavy atom. The topological polar surface area (TPSA) is 21.3 Å². The molecule has 1 aromatic rings. The Morgan fingerprint density at radius 2 is 2.12 bits per heavy atom. The zero-order valence-electron chi connectivity index (χ0n) is 10.9. The fourth-order valence-electron chi connectivity index (χ4n) is 2.49. The molecule has 1 N–H and O–H groups in total. The molecule has 0 heterocycles. The summed E-state index contributed by atoms with van der Waals surface area (Å²) in [4.78, 5) is 0. The van der Waals surface area contributed by atoms with Gasteiger partial charge >= 0.3 is 0 Å². The van der Waals surface area contributed by atoms with Gasteiger partial charge in [-0.15, -0.1) is 0 Å². The molecule has 1 atom stereocenters. The van der Waals surface area contributed by atoms with Gasteiger partial charge in [-0.3, -0.25) is 0 Å². The zero-order chi connectivity index (χ0) is 12.1. The third-order valence-electron chi connectivity index (χ3n) is 3.57. The summed E-state index contributed by atoms with van der Waals surface area (Å²) in [6.07, 6.45) is 5.14. The first-order valence-electron chi connectivity index (χ1n) is 6.70. The van der Waals surface area contributed by atoms with Crippen LogP contribution in [0.1, 0.15) is 31.7 Å². The summed E-state index contributed by atoms with van der Waals surface area (Å²) in [5.41, 5.74) is 1.33. The third-order valence-corrected chi connectivity index (χ3v) is 3.57. The predicted molar refractivity (Wildman–Crippen MR) is 71.5 cm³/mol. The van der Waals surface area contributed by atoms with Crippen LogP contribution in [0.25, 0.3) is 0 Å². The minimum atomic E-state index is 0.699. The van der Waals surface area contributed by atoms with Gasteiger partial charge in [-0.25, -0.2) is 0 Å². The summed E-state index contributed by atoms with van der Waals surface area (Å²) in [6.45, 7) is 3.27. The number of benzene rings is 1. The minimum Gasteiger partial charge on any atom is -0.496 e. The lowest BCUT2D eigenvalue weighted by Gasteiger charge is -2.17. The van der Waals surface area contributed by atoms with Crippen molar-refractivity contribution < 1.29 is 4.74 Å². The molecular formula is C15H23NO. The number of hydrogen-bond donors (Lipinski definition) is 1. The molecule has 2 nitrogen and oxygen atoms in total. The van der Waals surface area contributed by atoms with E-state index in [0.29, 0.717) is 6.04 Å². The van der Waals surface area contributed by atoms with E-state index in [1.54, 1.807) is 7.11 Å². The van der Waals surface area contributed by atoms with Crippen LogP contribution in [0.3, 0.4) is 0 Å².